The minimum Gasteiger partial charge on any atom is -0.207 e. The van der Waals surface area contributed by atoms with Crippen molar-refractivity contribution in [2.45, 2.75) is 5.38 Å². The van der Waals surface area contributed by atoms with Crippen LogP contribution in [-0.2, 0) is 0 Å². The first-order valence-electron chi connectivity index (χ1n) is 4.53. The molecule has 1 unspecified atom stereocenters. The maximum atomic E-state index is 13.0. The first kappa shape index (κ1) is 13.8. The summed E-state index contributed by atoms with van der Waals surface area (Å²) in [6.07, 6.45) is 0. The van der Waals surface area contributed by atoms with Gasteiger partial charge >= 0.3 is 0 Å². The van der Waals surface area contributed by atoms with Gasteiger partial charge in [-0.15, -0.1) is 22.9 Å². The third kappa shape index (κ3) is 3.04. The van der Waals surface area contributed by atoms with E-state index < -0.39 is 0 Å². The van der Waals surface area contributed by atoms with Gasteiger partial charge in [0, 0.05) is 13.8 Å². The molecule has 90 valence electrons. The number of hydrogen-bond donors (Lipinski definition) is 0. The predicted octanol–water partition coefficient (Wildman–Crippen LogP) is 6.39. The SMILES string of the molecule is Fc1ccc(C(Cl)c2cc(Br)c(Cl)s2)c(Br)c1. The van der Waals surface area contributed by atoms with Gasteiger partial charge in [-0.05, 0) is 39.7 Å². The quantitative estimate of drug-likeness (QED) is 0.495. The van der Waals surface area contributed by atoms with E-state index in [0.29, 0.717) is 8.81 Å². The van der Waals surface area contributed by atoms with Crippen molar-refractivity contribution in [3.63, 3.8) is 0 Å². The van der Waals surface area contributed by atoms with Crippen LogP contribution in [-0.4, -0.2) is 0 Å². The molecule has 0 N–H and O–H groups in total. The van der Waals surface area contributed by atoms with Gasteiger partial charge in [-0.25, -0.2) is 4.39 Å². The third-order valence-corrected chi connectivity index (χ3v) is 5.98. The Kier molecular flexibility index (Phi) is 4.53. The Morgan fingerprint density at radius 2 is 1.88 bits per heavy atom. The average Bonchev–Trinajstić information content (AvgIpc) is 2.58. The topological polar surface area (TPSA) is 0 Å². The lowest BCUT2D eigenvalue weighted by Gasteiger charge is -2.09. The zero-order valence-corrected chi connectivity index (χ0v) is 13.7. The van der Waals surface area contributed by atoms with Gasteiger partial charge < -0.3 is 0 Å². The van der Waals surface area contributed by atoms with E-state index in [-0.39, 0.29) is 11.2 Å². The van der Waals surface area contributed by atoms with Crippen LogP contribution in [0.3, 0.4) is 0 Å². The van der Waals surface area contributed by atoms with Crippen LogP contribution in [0.4, 0.5) is 4.39 Å². The van der Waals surface area contributed by atoms with E-state index in [2.05, 4.69) is 31.9 Å². The van der Waals surface area contributed by atoms with E-state index in [1.807, 2.05) is 6.07 Å². The number of rotatable bonds is 2. The van der Waals surface area contributed by atoms with Crippen molar-refractivity contribution in [1.29, 1.82) is 0 Å². The Labute approximate surface area is 129 Å². The van der Waals surface area contributed by atoms with E-state index in [4.69, 9.17) is 23.2 Å². The largest absolute Gasteiger partial charge is 0.207 e. The molecule has 0 amide bonds. The maximum absolute atomic E-state index is 13.0. The van der Waals surface area contributed by atoms with Crippen LogP contribution in [0.25, 0.3) is 0 Å². The lowest BCUT2D eigenvalue weighted by Crippen LogP contribution is -1.92. The Morgan fingerprint density at radius 1 is 1.18 bits per heavy atom. The van der Waals surface area contributed by atoms with Crippen molar-refractivity contribution in [2.24, 2.45) is 0 Å². The zero-order valence-electron chi connectivity index (χ0n) is 8.18. The standard InChI is InChI=1S/C11H5Br2Cl2FS/c12-7-3-5(16)1-2-6(7)10(14)9-4-8(13)11(15)17-9/h1-4,10H. The summed E-state index contributed by atoms with van der Waals surface area (Å²) in [5.74, 6) is -0.296. The molecule has 1 aromatic heterocycles. The van der Waals surface area contributed by atoms with Gasteiger partial charge in [0.05, 0.1) is 5.38 Å². The van der Waals surface area contributed by atoms with Gasteiger partial charge in [0.25, 0.3) is 0 Å². The van der Waals surface area contributed by atoms with E-state index in [9.17, 15) is 4.39 Å². The van der Waals surface area contributed by atoms with Crippen molar-refractivity contribution >= 4 is 66.4 Å². The second-order valence-electron chi connectivity index (χ2n) is 3.30. The fraction of sp³-hybridized carbons (Fsp3) is 0.0909. The Balaban J connectivity index is 2.39. The van der Waals surface area contributed by atoms with Gasteiger partial charge in [0.15, 0.2) is 0 Å². The molecule has 0 saturated heterocycles. The summed E-state index contributed by atoms with van der Waals surface area (Å²) in [5.41, 5.74) is 0.818. The summed E-state index contributed by atoms with van der Waals surface area (Å²) in [4.78, 5) is 0.913. The van der Waals surface area contributed by atoms with Gasteiger partial charge in [-0.1, -0.05) is 33.6 Å². The summed E-state index contributed by atoms with van der Waals surface area (Å²) >= 11 is 20.4. The van der Waals surface area contributed by atoms with E-state index in [1.54, 1.807) is 6.07 Å². The highest BCUT2D eigenvalue weighted by Crippen LogP contribution is 2.42. The maximum Gasteiger partial charge on any atom is 0.124 e. The second-order valence-corrected chi connectivity index (χ2v) is 7.13. The highest BCUT2D eigenvalue weighted by molar-refractivity contribution is 9.10. The van der Waals surface area contributed by atoms with Crippen LogP contribution < -0.4 is 0 Å². The third-order valence-electron chi connectivity index (χ3n) is 2.15. The predicted molar refractivity (Wildman–Crippen MR) is 78.8 cm³/mol. The molecule has 1 atom stereocenters. The molecule has 0 radical (unpaired) electrons. The molecule has 0 aliphatic heterocycles. The molecule has 0 spiro atoms. The lowest BCUT2D eigenvalue weighted by atomic mass is 10.1. The van der Waals surface area contributed by atoms with Crippen molar-refractivity contribution in [1.82, 2.24) is 0 Å². The van der Waals surface area contributed by atoms with Crippen molar-refractivity contribution in [3.8, 4) is 0 Å². The Bertz CT molecular complexity index is 537. The first-order chi connectivity index (χ1) is 7.99. The highest BCUT2D eigenvalue weighted by Gasteiger charge is 2.18. The molecule has 2 rings (SSSR count). The molecule has 0 aliphatic carbocycles. The van der Waals surface area contributed by atoms with Crippen LogP contribution in [0.1, 0.15) is 15.8 Å². The highest BCUT2D eigenvalue weighted by atomic mass is 79.9. The second kappa shape index (κ2) is 5.57. The summed E-state index contributed by atoms with van der Waals surface area (Å²) in [5, 5.41) is -0.348. The molecular formula is C11H5Br2Cl2FS. The van der Waals surface area contributed by atoms with E-state index >= 15 is 0 Å². The Hall–Kier alpha value is 0.390. The van der Waals surface area contributed by atoms with Crippen LogP contribution in [0.15, 0.2) is 33.2 Å². The normalized spacial score (nSPS) is 12.8. The van der Waals surface area contributed by atoms with Crippen LogP contribution in [0, 0.1) is 5.82 Å². The number of benzene rings is 1. The summed E-state index contributed by atoms with van der Waals surface area (Å²) in [7, 11) is 0. The van der Waals surface area contributed by atoms with Crippen LogP contribution in [0.5, 0.6) is 0 Å². The molecule has 6 heteroatoms. The van der Waals surface area contributed by atoms with Gasteiger partial charge in [0.1, 0.15) is 10.2 Å². The van der Waals surface area contributed by atoms with Crippen LogP contribution in [0.2, 0.25) is 4.34 Å². The molecule has 0 bridgehead atoms. The van der Waals surface area contributed by atoms with Gasteiger partial charge in [-0.3, -0.25) is 0 Å². The Morgan fingerprint density at radius 3 is 2.41 bits per heavy atom. The summed E-state index contributed by atoms with van der Waals surface area (Å²) < 4.78 is 15.1. The fourth-order valence-electron chi connectivity index (χ4n) is 1.35. The van der Waals surface area contributed by atoms with Gasteiger partial charge in [0.2, 0.25) is 0 Å². The fourth-order valence-corrected chi connectivity index (χ4v) is 4.18. The first-order valence-corrected chi connectivity index (χ1v) is 7.74. The number of alkyl halides is 1. The molecule has 0 fully saturated rings. The molecule has 1 heterocycles. The number of thiophene rings is 1. The van der Waals surface area contributed by atoms with Crippen LogP contribution >= 0.6 is 66.4 Å². The number of hydrogen-bond acceptors (Lipinski definition) is 1. The minimum atomic E-state index is -0.348. The van der Waals surface area contributed by atoms with Crippen molar-refractivity contribution in [2.75, 3.05) is 0 Å². The summed E-state index contributed by atoms with van der Waals surface area (Å²) in [6.45, 7) is 0. The van der Waals surface area contributed by atoms with Crippen molar-refractivity contribution in [3.05, 3.63) is 53.8 Å². The molecule has 2 aromatic rings. The zero-order chi connectivity index (χ0) is 12.6. The lowest BCUT2D eigenvalue weighted by molar-refractivity contribution is 0.626. The molecule has 17 heavy (non-hydrogen) atoms. The average molecular weight is 419 g/mol. The molecule has 0 nitrogen and oxygen atoms in total. The van der Waals surface area contributed by atoms with Gasteiger partial charge in [-0.2, -0.15) is 0 Å². The monoisotopic (exact) mass is 416 g/mol. The van der Waals surface area contributed by atoms with Crippen molar-refractivity contribution < 1.29 is 4.39 Å². The molecular weight excluding hydrogens is 414 g/mol. The van der Waals surface area contributed by atoms with E-state index in [1.165, 1.54) is 23.5 Å². The number of halogens is 5. The molecule has 1 aromatic carbocycles. The van der Waals surface area contributed by atoms with E-state index in [0.717, 1.165) is 14.9 Å². The molecule has 0 aliphatic rings. The molecule has 0 saturated carbocycles. The smallest absolute Gasteiger partial charge is 0.124 e. The minimum absolute atomic E-state index is 0.296. The summed E-state index contributed by atoms with van der Waals surface area (Å²) in [6, 6.07) is 6.33.